The Hall–Kier alpha value is -4.27. The molecule has 2 N–H and O–H groups in total. The molecule has 2 aromatic carbocycles. The Morgan fingerprint density at radius 1 is 1.16 bits per heavy atom. The minimum Gasteiger partial charge on any atom is -0.488 e. The number of benzene rings is 2. The molecular formula is C23H18N4O5. The van der Waals surface area contributed by atoms with Crippen LogP contribution in [-0.2, 0) is 14.4 Å². The molecule has 3 aromatic rings. The Morgan fingerprint density at radius 3 is 2.84 bits per heavy atom. The summed E-state index contributed by atoms with van der Waals surface area (Å²) < 4.78 is 6.73. The van der Waals surface area contributed by atoms with Gasteiger partial charge in [0.15, 0.2) is 0 Å². The molecule has 0 spiro atoms. The van der Waals surface area contributed by atoms with E-state index in [1.807, 2.05) is 24.3 Å². The van der Waals surface area contributed by atoms with Crippen molar-refractivity contribution in [2.45, 2.75) is 18.9 Å². The Balaban J connectivity index is 1.39. The summed E-state index contributed by atoms with van der Waals surface area (Å²) in [6.07, 6.45) is 3.62. The average molecular weight is 430 g/mol. The normalized spacial score (nSPS) is 17.8. The number of anilines is 1. The van der Waals surface area contributed by atoms with Gasteiger partial charge in [0.05, 0.1) is 17.2 Å². The smallest absolute Gasteiger partial charge is 0.275 e. The molecule has 2 aliphatic rings. The number of hydrogen-bond acceptors (Lipinski definition) is 6. The van der Waals surface area contributed by atoms with Crippen LogP contribution in [-0.4, -0.2) is 34.1 Å². The maximum absolute atomic E-state index is 12.9. The Labute approximate surface area is 181 Å². The van der Waals surface area contributed by atoms with Crippen molar-refractivity contribution in [3.63, 3.8) is 0 Å². The van der Waals surface area contributed by atoms with Crippen molar-refractivity contribution >= 4 is 40.3 Å². The molecule has 0 aliphatic carbocycles. The predicted octanol–water partition coefficient (Wildman–Crippen LogP) is 1.79. The van der Waals surface area contributed by atoms with Crippen molar-refractivity contribution in [1.82, 2.24) is 15.1 Å². The number of aromatic nitrogens is 2. The van der Waals surface area contributed by atoms with E-state index in [1.165, 1.54) is 6.20 Å². The Bertz CT molecular complexity index is 1370. The van der Waals surface area contributed by atoms with E-state index in [-0.39, 0.29) is 31.3 Å². The van der Waals surface area contributed by atoms with E-state index in [2.05, 4.69) is 15.7 Å². The molecule has 5 rings (SSSR count). The van der Waals surface area contributed by atoms with Gasteiger partial charge in [-0.15, -0.1) is 0 Å². The fourth-order valence-electron chi connectivity index (χ4n) is 3.84. The predicted molar refractivity (Wildman–Crippen MR) is 116 cm³/mol. The van der Waals surface area contributed by atoms with Crippen molar-refractivity contribution in [2.75, 3.05) is 11.9 Å². The van der Waals surface area contributed by atoms with E-state index in [4.69, 9.17) is 4.74 Å². The molecule has 0 bridgehead atoms. The lowest BCUT2D eigenvalue weighted by atomic mass is 10.1. The molecule has 0 saturated carbocycles. The minimum absolute atomic E-state index is 0.150. The van der Waals surface area contributed by atoms with Crippen LogP contribution in [0.4, 0.5) is 5.69 Å². The first-order valence-corrected chi connectivity index (χ1v) is 10.1. The highest BCUT2D eigenvalue weighted by Gasteiger charge is 2.30. The topological polar surface area (TPSA) is 119 Å². The zero-order chi connectivity index (χ0) is 22.2. The zero-order valence-corrected chi connectivity index (χ0v) is 16.8. The number of amides is 3. The highest BCUT2D eigenvalue weighted by Crippen LogP contribution is 2.26. The summed E-state index contributed by atoms with van der Waals surface area (Å²) in [7, 11) is 0. The van der Waals surface area contributed by atoms with Crippen molar-refractivity contribution in [2.24, 2.45) is 0 Å². The van der Waals surface area contributed by atoms with Gasteiger partial charge in [-0.25, -0.2) is 4.68 Å². The average Bonchev–Trinajstić information content (AvgIpc) is 2.79. The lowest BCUT2D eigenvalue weighted by Crippen LogP contribution is -2.45. The summed E-state index contributed by atoms with van der Waals surface area (Å²) in [5.41, 5.74) is 1.38. The fourth-order valence-corrected chi connectivity index (χ4v) is 3.84. The first-order chi connectivity index (χ1) is 15.5. The lowest BCUT2D eigenvalue weighted by molar-refractivity contribution is -0.136. The molecule has 9 nitrogen and oxygen atoms in total. The van der Waals surface area contributed by atoms with Gasteiger partial charge in [0, 0.05) is 23.1 Å². The molecule has 1 saturated heterocycles. The molecule has 3 amide bonds. The number of piperidine rings is 1. The first-order valence-electron chi connectivity index (χ1n) is 10.1. The molecule has 9 heteroatoms. The van der Waals surface area contributed by atoms with Crippen molar-refractivity contribution in [3.05, 3.63) is 70.2 Å². The number of rotatable bonds is 3. The van der Waals surface area contributed by atoms with Crippen LogP contribution in [0.2, 0.25) is 0 Å². The molecule has 2 aliphatic heterocycles. The van der Waals surface area contributed by atoms with Crippen molar-refractivity contribution < 1.29 is 19.1 Å². The summed E-state index contributed by atoms with van der Waals surface area (Å²) in [4.78, 5) is 49.0. The van der Waals surface area contributed by atoms with E-state index in [0.29, 0.717) is 22.0 Å². The van der Waals surface area contributed by atoms with E-state index < -0.39 is 17.5 Å². The number of hydrogen-bond donors (Lipinski definition) is 2. The van der Waals surface area contributed by atoms with Crippen LogP contribution < -0.4 is 20.9 Å². The third-order valence-corrected chi connectivity index (χ3v) is 5.50. The maximum Gasteiger partial charge on any atom is 0.275 e. The maximum atomic E-state index is 12.9. The molecule has 32 heavy (non-hydrogen) atoms. The number of para-hydroxylation sites is 1. The fraction of sp³-hybridized carbons (Fsp3) is 0.174. The van der Waals surface area contributed by atoms with Crippen LogP contribution in [0.1, 0.15) is 24.4 Å². The third-order valence-electron chi connectivity index (χ3n) is 5.50. The molecular weight excluding hydrogens is 412 g/mol. The van der Waals surface area contributed by atoms with Crippen LogP contribution in [0, 0.1) is 0 Å². The van der Waals surface area contributed by atoms with E-state index in [9.17, 15) is 19.2 Å². The summed E-state index contributed by atoms with van der Waals surface area (Å²) in [5.74, 6) is -0.470. The van der Waals surface area contributed by atoms with Gasteiger partial charge in [0.2, 0.25) is 5.91 Å². The third kappa shape index (κ3) is 3.53. The van der Waals surface area contributed by atoms with Gasteiger partial charge in [-0.2, -0.15) is 5.10 Å². The van der Waals surface area contributed by atoms with Crippen molar-refractivity contribution in [3.8, 4) is 5.75 Å². The van der Waals surface area contributed by atoms with Crippen LogP contribution in [0.5, 0.6) is 5.75 Å². The van der Waals surface area contributed by atoms with E-state index >= 15 is 0 Å². The number of nitrogens with one attached hydrogen (secondary N) is 2. The van der Waals surface area contributed by atoms with Gasteiger partial charge in [-0.1, -0.05) is 18.2 Å². The number of nitrogens with zero attached hydrogens (tertiary/aromatic N) is 2. The number of imide groups is 1. The molecule has 3 heterocycles. The second-order valence-electron chi connectivity index (χ2n) is 7.61. The monoisotopic (exact) mass is 430 g/mol. The molecule has 0 radical (unpaired) electrons. The van der Waals surface area contributed by atoms with Crippen LogP contribution in [0.15, 0.2) is 59.0 Å². The molecule has 1 fully saturated rings. The summed E-state index contributed by atoms with van der Waals surface area (Å²) in [6.45, 7) is 0.161. The van der Waals surface area contributed by atoms with Crippen LogP contribution in [0.3, 0.4) is 0 Å². The Kier molecular flexibility index (Phi) is 4.78. The quantitative estimate of drug-likeness (QED) is 0.612. The lowest BCUT2D eigenvalue weighted by Gasteiger charge is -2.21. The zero-order valence-electron chi connectivity index (χ0n) is 16.8. The largest absolute Gasteiger partial charge is 0.488 e. The van der Waals surface area contributed by atoms with Crippen LogP contribution in [0.25, 0.3) is 16.8 Å². The molecule has 1 aromatic heterocycles. The highest BCUT2D eigenvalue weighted by molar-refractivity contribution is 6.08. The Morgan fingerprint density at radius 2 is 2.00 bits per heavy atom. The van der Waals surface area contributed by atoms with Gasteiger partial charge >= 0.3 is 0 Å². The summed E-state index contributed by atoms with van der Waals surface area (Å²) >= 11 is 0. The van der Waals surface area contributed by atoms with E-state index in [0.717, 1.165) is 16.0 Å². The number of carbonyl (C=O) groups is 3. The van der Waals surface area contributed by atoms with Crippen molar-refractivity contribution in [1.29, 1.82) is 0 Å². The molecule has 1 unspecified atom stereocenters. The summed E-state index contributed by atoms with van der Waals surface area (Å²) in [6, 6.07) is 11.5. The van der Waals surface area contributed by atoms with Gasteiger partial charge in [0.1, 0.15) is 18.4 Å². The second-order valence-corrected chi connectivity index (χ2v) is 7.61. The summed E-state index contributed by atoms with van der Waals surface area (Å²) in [5, 5.41) is 10.1. The van der Waals surface area contributed by atoms with Gasteiger partial charge < -0.3 is 10.1 Å². The molecule has 1 atom stereocenters. The second kappa shape index (κ2) is 7.77. The SMILES string of the molecule is O=C1CCC(n2ncc3cc(NC(=O)C4=Cc5ccccc5OC4)ccc3c2=O)C(=O)N1. The van der Waals surface area contributed by atoms with Crippen LogP contribution >= 0.6 is 0 Å². The van der Waals surface area contributed by atoms with E-state index in [1.54, 1.807) is 24.3 Å². The number of carbonyl (C=O) groups excluding carboxylic acids is 3. The van der Waals surface area contributed by atoms with Gasteiger partial charge in [0.25, 0.3) is 17.4 Å². The first kappa shape index (κ1) is 19.7. The standard InChI is InChI=1S/C23H18N4O5/c28-20-8-7-18(22(30)26-20)27-23(31)17-6-5-16(10-14(17)11-24-27)25-21(29)15-9-13-3-1-2-4-19(13)32-12-15/h1-6,9-11,18H,7-8,12H2,(H,25,29)(H,26,28,30). The number of fused-ring (bicyclic) bond motifs is 2. The minimum atomic E-state index is -0.829. The number of ether oxygens (including phenoxy) is 1. The van der Waals surface area contributed by atoms with Gasteiger partial charge in [-0.05, 0) is 36.8 Å². The molecule has 160 valence electrons. The van der Waals surface area contributed by atoms with Gasteiger partial charge in [-0.3, -0.25) is 24.5 Å². The highest BCUT2D eigenvalue weighted by atomic mass is 16.5.